The Labute approximate surface area is 104 Å². The molecule has 0 aromatic carbocycles. The molecule has 0 bridgehead atoms. The Bertz CT molecular complexity index is 643. The molecule has 0 aliphatic rings. The molecular formula is C13H11N5. The molecule has 0 aliphatic heterocycles. The van der Waals surface area contributed by atoms with Crippen molar-refractivity contribution < 1.29 is 0 Å². The summed E-state index contributed by atoms with van der Waals surface area (Å²) in [5.74, 6) is 0.753. The van der Waals surface area contributed by atoms with E-state index in [9.17, 15) is 0 Å². The molecule has 0 radical (unpaired) electrons. The van der Waals surface area contributed by atoms with E-state index >= 15 is 0 Å². The minimum Gasteiger partial charge on any atom is -0.264 e. The van der Waals surface area contributed by atoms with Crippen LogP contribution >= 0.6 is 0 Å². The van der Waals surface area contributed by atoms with E-state index in [-0.39, 0.29) is 0 Å². The van der Waals surface area contributed by atoms with Crippen LogP contribution in [0.5, 0.6) is 0 Å². The van der Waals surface area contributed by atoms with Crippen LogP contribution < -0.4 is 0 Å². The second-order valence-corrected chi connectivity index (χ2v) is 3.98. The zero-order chi connectivity index (χ0) is 12.4. The van der Waals surface area contributed by atoms with Crippen molar-refractivity contribution in [2.75, 3.05) is 0 Å². The summed E-state index contributed by atoms with van der Waals surface area (Å²) < 4.78 is 1.65. The number of aryl methyl sites for hydroxylation is 1. The van der Waals surface area contributed by atoms with Gasteiger partial charge >= 0.3 is 0 Å². The van der Waals surface area contributed by atoms with Crippen molar-refractivity contribution in [1.82, 2.24) is 25.0 Å². The van der Waals surface area contributed by atoms with Gasteiger partial charge in [-0.25, -0.2) is 9.67 Å². The minimum absolute atomic E-state index is 0.753. The van der Waals surface area contributed by atoms with Crippen LogP contribution in [0.4, 0.5) is 0 Å². The summed E-state index contributed by atoms with van der Waals surface area (Å²) in [6, 6.07) is 7.73. The molecule has 0 aliphatic carbocycles. The number of hydrogen-bond acceptors (Lipinski definition) is 4. The SMILES string of the molecule is Cc1ccc(-n2cc(-c3cccnc3)nn2)nc1. The molecule has 5 nitrogen and oxygen atoms in total. The number of pyridine rings is 2. The fraction of sp³-hybridized carbons (Fsp3) is 0.0769. The van der Waals surface area contributed by atoms with E-state index in [0.717, 1.165) is 22.6 Å². The first-order valence-corrected chi connectivity index (χ1v) is 5.59. The predicted molar refractivity (Wildman–Crippen MR) is 67.1 cm³/mol. The summed E-state index contributed by atoms with van der Waals surface area (Å²) in [5, 5.41) is 8.19. The Morgan fingerprint density at radius 3 is 2.78 bits per heavy atom. The average Bonchev–Trinajstić information content (AvgIpc) is 2.90. The summed E-state index contributed by atoms with van der Waals surface area (Å²) in [6.45, 7) is 2.00. The quantitative estimate of drug-likeness (QED) is 0.684. The molecular weight excluding hydrogens is 226 g/mol. The fourth-order valence-electron chi connectivity index (χ4n) is 1.62. The molecule has 0 saturated heterocycles. The molecule has 0 saturated carbocycles. The van der Waals surface area contributed by atoms with Crippen LogP contribution in [0.1, 0.15) is 5.56 Å². The Kier molecular flexibility index (Phi) is 2.57. The molecule has 0 unspecified atom stereocenters. The van der Waals surface area contributed by atoms with E-state index in [4.69, 9.17) is 0 Å². The van der Waals surface area contributed by atoms with Gasteiger partial charge in [0.25, 0.3) is 0 Å². The van der Waals surface area contributed by atoms with Crippen LogP contribution in [0.2, 0.25) is 0 Å². The third-order valence-corrected chi connectivity index (χ3v) is 2.58. The topological polar surface area (TPSA) is 56.5 Å². The highest BCUT2D eigenvalue weighted by molar-refractivity contribution is 5.56. The molecule has 5 heteroatoms. The number of rotatable bonds is 2. The zero-order valence-electron chi connectivity index (χ0n) is 9.85. The van der Waals surface area contributed by atoms with E-state index in [1.807, 2.05) is 37.4 Å². The maximum atomic E-state index is 4.30. The Morgan fingerprint density at radius 1 is 1.11 bits per heavy atom. The monoisotopic (exact) mass is 237 g/mol. The molecule has 3 aromatic rings. The van der Waals surface area contributed by atoms with E-state index in [2.05, 4.69) is 20.3 Å². The molecule has 18 heavy (non-hydrogen) atoms. The Morgan fingerprint density at radius 2 is 2.06 bits per heavy atom. The summed E-state index contributed by atoms with van der Waals surface area (Å²) >= 11 is 0. The van der Waals surface area contributed by atoms with Gasteiger partial charge in [0.15, 0.2) is 5.82 Å². The predicted octanol–water partition coefficient (Wildman–Crippen LogP) is 2.03. The van der Waals surface area contributed by atoms with Gasteiger partial charge in [-0.1, -0.05) is 11.3 Å². The molecule has 3 rings (SSSR count). The van der Waals surface area contributed by atoms with E-state index in [0.29, 0.717) is 0 Å². The zero-order valence-corrected chi connectivity index (χ0v) is 9.85. The van der Waals surface area contributed by atoms with Crippen LogP contribution in [0.15, 0.2) is 49.1 Å². The number of hydrogen-bond donors (Lipinski definition) is 0. The molecule has 0 atom stereocenters. The van der Waals surface area contributed by atoms with Crippen LogP contribution in [-0.2, 0) is 0 Å². The van der Waals surface area contributed by atoms with Gasteiger partial charge in [0, 0.05) is 24.2 Å². The third-order valence-electron chi connectivity index (χ3n) is 2.58. The van der Waals surface area contributed by atoms with Gasteiger partial charge in [0.2, 0.25) is 0 Å². The van der Waals surface area contributed by atoms with Crippen LogP contribution in [0.25, 0.3) is 17.1 Å². The van der Waals surface area contributed by atoms with Gasteiger partial charge in [0.1, 0.15) is 5.69 Å². The first-order chi connectivity index (χ1) is 8.83. The maximum Gasteiger partial charge on any atom is 0.155 e. The largest absolute Gasteiger partial charge is 0.264 e. The lowest BCUT2D eigenvalue weighted by Gasteiger charge is -1.98. The highest BCUT2D eigenvalue weighted by Crippen LogP contribution is 2.15. The van der Waals surface area contributed by atoms with Crippen molar-refractivity contribution in [1.29, 1.82) is 0 Å². The standard InChI is InChI=1S/C13H11N5/c1-10-4-5-13(15-7-10)18-9-12(16-17-18)11-3-2-6-14-8-11/h2-9H,1H3. The van der Waals surface area contributed by atoms with E-state index in [1.165, 1.54) is 0 Å². The second-order valence-electron chi connectivity index (χ2n) is 3.98. The lowest BCUT2D eigenvalue weighted by Crippen LogP contribution is -1.97. The summed E-state index contributed by atoms with van der Waals surface area (Å²) in [7, 11) is 0. The maximum absolute atomic E-state index is 4.30. The van der Waals surface area contributed by atoms with Gasteiger partial charge in [-0.3, -0.25) is 4.98 Å². The molecule has 0 spiro atoms. The van der Waals surface area contributed by atoms with E-state index < -0.39 is 0 Å². The second kappa shape index (κ2) is 4.37. The number of nitrogens with zero attached hydrogens (tertiary/aromatic N) is 5. The van der Waals surface area contributed by atoms with Crippen molar-refractivity contribution in [3.8, 4) is 17.1 Å². The number of aromatic nitrogens is 5. The Balaban J connectivity index is 1.97. The lowest BCUT2D eigenvalue weighted by molar-refractivity contribution is 0.781. The van der Waals surface area contributed by atoms with Crippen molar-refractivity contribution in [3.05, 3.63) is 54.6 Å². The smallest absolute Gasteiger partial charge is 0.155 e. The van der Waals surface area contributed by atoms with Crippen LogP contribution in [0.3, 0.4) is 0 Å². The first-order valence-electron chi connectivity index (χ1n) is 5.59. The van der Waals surface area contributed by atoms with Crippen LogP contribution in [-0.4, -0.2) is 25.0 Å². The molecule has 0 N–H and O–H groups in total. The normalized spacial score (nSPS) is 10.5. The van der Waals surface area contributed by atoms with Crippen LogP contribution in [0, 0.1) is 6.92 Å². The van der Waals surface area contributed by atoms with Gasteiger partial charge in [-0.05, 0) is 30.7 Å². The van der Waals surface area contributed by atoms with Crippen molar-refractivity contribution in [2.45, 2.75) is 6.92 Å². The average molecular weight is 237 g/mol. The van der Waals surface area contributed by atoms with Crippen molar-refractivity contribution in [3.63, 3.8) is 0 Å². The van der Waals surface area contributed by atoms with Gasteiger partial charge in [-0.2, -0.15) is 0 Å². The summed E-state index contributed by atoms with van der Waals surface area (Å²) in [5.41, 5.74) is 2.84. The summed E-state index contributed by atoms with van der Waals surface area (Å²) in [4.78, 5) is 8.36. The lowest BCUT2D eigenvalue weighted by atomic mass is 10.2. The van der Waals surface area contributed by atoms with Gasteiger partial charge in [0.05, 0.1) is 6.20 Å². The fourth-order valence-corrected chi connectivity index (χ4v) is 1.62. The third kappa shape index (κ3) is 1.98. The highest BCUT2D eigenvalue weighted by atomic mass is 15.4. The van der Waals surface area contributed by atoms with Crippen molar-refractivity contribution >= 4 is 0 Å². The minimum atomic E-state index is 0.753. The van der Waals surface area contributed by atoms with Gasteiger partial charge in [-0.15, -0.1) is 5.10 Å². The molecule has 0 fully saturated rings. The molecule has 0 amide bonds. The molecule has 3 heterocycles. The Hall–Kier alpha value is -2.56. The van der Waals surface area contributed by atoms with Gasteiger partial charge < -0.3 is 0 Å². The van der Waals surface area contributed by atoms with E-state index in [1.54, 1.807) is 23.3 Å². The molecule has 3 aromatic heterocycles. The molecule has 88 valence electrons. The summed E-state index contributed by atoms with van der Waals surface area (Å²) in [6.07, 6.45) is 7.14. The van der Waals surface area contributed by atoms with Crippen molar-refractivity contribution in [2.24, 2.45) is 0 Å². The first kappa shape index (κ1) is 10.6. The highest BCUT2D eigenvalue weighted by Gasteiger charge is 2.05.